The molecule has 6 nitrogen and oxygen atoms in total. The first-order valence-electron chi connectivity index (χ1n) is 6.85. The van der Waals surface area contributed by atoms with Crippen molar-refractivity contribution in [2.75, 3.05) is 7.11 Å². The number of hydrogen-bond acceptors (Lipinski definition) is 7. The molecule has 124 valence electrons. The molecule has 1 N–H and O–H groups in total. The lowest BCUT2D eigenvalue weighted by Crippen LogP contribution is -2.16. The predicted octanol–water partition coefficient (Wildman–Crippen LogP) is 3.53. The maximum Gasteiger partial charge on any atom is 0.338 e. The number of ether oxygens (including phenoxy) is 1. The van der Waals surface area contributed by atoms with Crippen LogP contribution in [0, 0.1) is 6.92 Å². The number of halogens is 1. The van der Waals surface area contributed by atoms with E-state index in [0.29, 0.717) is 16.6 Å². The summed E-state index contributed by atoms with van der Waals surface area (Å²) in [6.45, 7) is 1.74. The van der Waals surface area contributed by atoms with Crippen molar-refractivity contribution in [3.63, 3.8) is 0 Å². The highest BCUT2D eigenvalue weighted by Gasteiger charge is 2.17. The molecule has 24 heavy (non-hydrogen) atoms. The Balaban J connectivity index is 2.00. The third kappa shape index (κ3) is 3.52. The van der Waals surface area contributed by atoms with E-state index in [1.54, 1.807) is 18.3 Å². The van der Waals surface area contributed by atoms with Crippen LogP contribution in [0.3, 0.4) is 0 Å². The number of pyridine rings is 1. The summed E-state index contributed by atoms with van der Waals surface area (Å²) in [7, 11) is 1.27. The molecule has 0 fully saturated rings. The molecular formula is C15H12BrN3O3S2. The van der Waals surface area contributed by atoms with Crippen LogP contribution in [0.25, 0.3) is 11.0 Å². The summed E-state index contributed by atoms with van der Waals surface area (Å²) in [6.07, 6.45) is 0. The predicted molar refractivity (Wildman–Crippen MR) is 97.8 cm³/mol. The zero-order chi connectivity index (χ0) is 17.3. The number of fused-ring (bicyclic) bond motifs is 1. The van der Waals surface area contributed by atoms with E-state index in [1.807, 2.05) is 12.1 Å². The Morgan fingerprint density at radius 3 is 2.88 bits per heavy atom. The van der Waals surface area contributed by atoms with Crippen molar-refractivity contribution in [1.82, 2.24) is 15.0 Å². The van der Waals surface area contributed by atoms with Crippen LogP contribution in [-0.4, -0.2) is 28.0 Å². The van der Waals surface area contributed by atoms with Gasteiger partial charge in [-0.3, -0.25) is 4.79 Å². The highest BCUT2D eigenvalue weighted by Crippen LogP contribution is 2.28. The fourth-order valence-electron chi connectivity index (χ4n) is 2.15. The maximum absolute atomic E-state index is 12.4. The standard InChI is InChI=1S/C15H12BrN3O3S2/c1-7-5-9(14(21)22-2)11-12(17-7)18-15(19-13(11)20)23-6-8-3-4-10(16)24-8/h3-5H,6H2,1-2H3,(H,17,18,19,20). The molecule has 9 heteroatoms. The molecule has 0 spiro atoms. The van der Waals surface area contributed by atoms with E-state index < -0.39 is 11.5 Å². The SMILES string of the molecule is COC(=O)c1cc(C)nc2nc(SCc3ccc(Br)s3)[nH]c(=O)c12. The smallest absolute Gasteiger partial charge is 0.338 e. The Labute approximate surface area is 153 Å². The number of carbonyl (C=O) groups excluding carboxylic acids is 1. The molecule has 0 saturated heterocycles. The van der Waals surface area contributed by atoms with E-state index in [2.05, 4.69) is 30.9 Å². The molecule has 0 unspecified atom stereocenters. The Morgan fingerprint density at radius 1 is 1.42 bits per heavy atom. The van der Waals surface area contributed by atoms with Crippen molar-refractivity contribution in [3.05, 3.63) is 48.5 Å². The Bertz CT molecular complexity index is 984. The number of aryl methyl sites for hydroxylation is 1. The first kappa shape index (κ1) is 17.1. The maximum atomic E-state index is 12.4. The van der Waals surface area contributed by atoms with Gasteiger partial charge in [-0.15, -0.1) is 11.3 Å². The van der Waals surface area contributed by atoms with E-state index in [-0.39, 0.29) is 16.6 Å². The van der Waals surface area contributed by atoms with Gasteiger partial charge < -0.3 is 9.72 Å². The fraction of sp³-hybridized carbons (Fsp3) is 0.200. The largest absolute Gasteiger partial charge is 0.465 e. The monoisotopic (exact) mass is 425 g/mol. The molecule has 0 aliphatic carbocycles. The zero-order valence-electron chi connectivity index (χ0n) is 12.8. The van der Waals surface area contributed by atoms with E-state index in [0.717, 1.165) is 8.66 Å². The van der Waals surface area contributed by atoms with Gasteiger partial charge in [0.2, 0.25) is 0 Å². The van der Waals surface area contributed by atoms with Gasteiger partial charge in [-0.2, -0.15) is 0 Å². The number of nitrogens with one attached hydrogen (secondary N) is 1. The van der Waals surface area contributed by atoms with Gasteiger partial charge in [0.15, 0.2) is 10.8 Å². The number of aromatic nitrogens is 3. The summed E-state index contributed by atoms with van der Waals surface area (Å²) in [5, 5.41) is 0.613. The summed E-state index contributed by atoms with van der Waals surface area (Å²) in [5.74, 6) is 0.0991. The number of methoxy groups -OCH3 is 1. The molecule has 0 aromatic carbocycles. The number of thiophene rings is 1. The zero-order valence-corrected chi connectivity index (χ0v) is 16.0. The summed E-state index contributed by atoms with van der Waals surface area (Å²) in [5.41, 5.74) is 0.614. The normalized spacial score (nSPS) is 11.0. The van der Waals surface area contributed by atoms with Gasteiger partial charge in [0.1, 0.15) is 0 Å². The van der Waals surface area contributed by atoms with Crippen molar-refractivity contribution in [1.29, 1.82) is 0 Å². The van der Waals surface area contributed by atoms with Crippen LogP contribution in [0.15, 0.2) is 31.9 Å². The Morgan fingerprint density at radius 2 is 2.21 bits per heavy atom. The van der Waals surface area contributed by atoms with Crippen LogP contribution in [0.1, 0.15) is 20.9 Å². The second kappa shape index (κ2) is 7.04. The number of carbonyl (C=O) groups is 1. The van der Waals surface area contributed by atoms with E-state index >= 15 is 0 Å². The molecule has 3 rings (SSSR count). The molecule has 3 aromatic rings. The molecule has 0 aliphatic rings. The molecule has 0 saturated carbocycles. The number of thioether (sulfide) groups is 1. The van der Waals surface area contributed by atoms with Crippen LogP contribution < -0.4 is 5.56 Å². The molecular weight excluding hydrogens is 414 g/mol. The van der Waals surface area contributed by atoms with Gasteiger partial charge in [-0.05, 0) is 41.1 Å². The van der Waals surface area contributed by atoms with Crippen LogP contribution in [-0.2, 0) is 10.5 Å². The van der Waals surface area contributed by atoms with Gasteiger partial charge in [0.25, 0.3) is 5.56 Å². The second-order valence-electron chi connectivity index (χ2n) is 4.87. The second-order valence-corrected chi connectivity index (χ2v) is 8.38. The average molecular weight is 426 g/mol. The molecule has 0 bridgehead atoms. The minimum absolute atomic E-state index is 0.149. The lowest BCUT2D eigenvalue weighted by molar-refractivity contribution is 0.0602. The number of H-pyrrole nitrogens is 1. The summed E-state index contributed by atoms with van der Waals surface area (Å²) < 4.78 is 5.79. The highest BCUT2D eigenvalue weighted by atomic mass is 79.9. The quantitative estimate of drug-likeness (QED) is 0.390. The summed E-state index contributed by atoms with van der Waals surface area (Å²) >= 11 is 6.46. The van der Waals surface area contributed by atoms with Crippen LogP contribution in [0.2, 0.25) is 0 Å². The van der Waals surface area contributed by atoms with Crippen molar-refractivity contribution < 1.29 is 9.53 Å². The highest BCUT2D eigenvalue weighted by molar-refractivity contribution is 9.11. The number of esters is 1. The molecule has 0 aliphatic heterocycles. The van der Waals surface area contributed by atoms with Gasteiger partial charge in [-0.1, -0.05) is 11.8 Å². The number of aromatic amines is 1. The molecule has 3 heterocycles. The van der Waals surface area contributed by atoms with Gasteiger partial charge in [-0.25, -0.2) is 14.8 Å². The summed E-state index contributed by atoms with van der Waals surface area (Å²) in [4.78, 5) is 36.8. The molecule has 3 aromatic heterocycles. The van der Waals surface area contributed by atoms with E-state index in [1.165, 1.54) is 24.9 Å². The fourth-order valence-corrected chi connectivity index (χ4v) is 4.54. The Hall–Kier alpha value is -1.71. The van der Waals surface area contributed by atoms with Crippen LogP contribution in [0.5, 0.6) is 0 Å². The third-order valence-corrected chi connectivity index (χ3v) is 5.90. The van der Waals surface area contributed by atoms with Gasteiger partial charge >= 0.3 is 5.97 Å². The van der Waals surface area contributed by atoms with Crippen molar-refractivity contribution in [2.24, 2.45) is 0 Å². The van der Waals surface area contributed by atoms with E-state index in [9.17, 15) is 9.59 Å². The van der Waals surface area contributed by atoms with E-state index in [4.69, 9.17) is 4.74 Å². The van der Waals surface area contributed by atoms with Gasteiger partial charge in [0.05, 0.1) is 21.8 Å². The van der Waals surface area contributed by atoms with Crippen molar-refractivity contribution in [3.8, 4) is 0 Å². The third-order valence-electron chi connectivity index (χ3n) is 3.17. The number of rotatable bonds is 4. The van der Waals surface area contributed by atoms with Crippen molar-refractivity contribution in [2.45, 2.75) is 17.8 Å². The van der Waals surface area contributed by atoms with Crippen LogP contribution in [0.4, 0.5) is 0 Å². The molecule has 0 amide bonds. The average Bonchev–Trinajstić information content (AvgIpc) is 2.96. The summed E-state index contributed by atoms with van der Waals surface area (Å²) in [6, 6.07) is 5.52. The Kier molecular flexibility index (Phi) is 5.02. The minimum Gasteiger partial charge on any atom is -0.465 e. The molecule has 0 radical (unpaired) electrons. The minimum atomic E-state index is -0.582. The lowest BCUT2D eigenvalue weighted by Gasteiger charge is -2.06. The first-order chi connectivity index (χ1) is 11.5. The van der Waals surface area contributed by atoms with Gasteiger partial charge in [0, 0.05) is 16.3 Å². The van der Waals surface area contributed by atoms with Crippen molar-refractivity contribution >= 4 is 56.0 Å². The topological polar surface area (TPSA) is 84.9 Å². The number of hydrogen-bond donors (Lipinski definition) is 1. The lowest BCUT2D eigenvalue weighted by atomic mass is 10.1. The first-order valence-corrected chi connectivity index (χ1v) is 9.44. The number of nitrogens with zero attached hydrogens (tertiary/aromatic N) is 2. The van der Waals surface area contributed by atoms with Crippen LogP contribution >= 0.6 is 39.0 Å². The molecule has 0 atom stereocenters.